The largest absolute Gasteiger partial charge is 0.493 e. The van der Waals surface area contributed by atoms with Gasteiger partial charge in [-0.3, -0.25) is 9.59 Å². The number of amides is 2. The fourth-order valence-electron chi connectivity index (χ4n) is 4.16. The fraction of sp³-hybridized carbons (Fsp3) is 0.333. The third kappa shape index (κ3) is 7.99. The van der Waals surface area contributed by atoms with Crippen molar-refractivity contribution in [2.75, 3.05) is 20.8 Å². The number of carbonyl (C=O) groups excluding carboxylic acids is 2. The van der Waals surface area contributed by atoms with E-state index in [0.717, 1.165) is 23.1 Å². The van der Waals surface area contributed by atoms with Gasteiger partial charge < -0.3 is 19.7 Å². The average Bonchev–Trinajstić information content (AvgIpc) is 2.93. The second-order valence-corrected chi connectivity index (χ2v) is 9.21. The maximum Gasteiger partial charge on any atom is 0.243 e. The molecule has 0 unspecified atom stereocenters. The third-order valence-corrected chi connectivity index (χ3v) is 6.56. The Labute approximate surface area is 224 Å². The molecule has 37 heavy (non-hydrogen) atoms. The zero-order valence-corrected chi connectivity index (χ0v) is 22.5. The Morgan fingerprint density at radius 3 is 2.30 bits per heavy atom. The van der Waals surface area contributed by atoms with E-state index in [2.05, 4.69) is 5.32 Å². The Kier molecular flexibility index (Phi) is 10.8. The van der Waals surface area contributed by atoms with Gasteiger partial charge in [0.15, 0.2) is 11.5 Å². The number of benzene rings is 3. The van der Waals surface area contributed by atoms with Crippen LogP contribution in [0.2, 0.25) is 5.02 Å². The molecule has 0 heterocycles. The van der Waals surface area contributed by atoms with Crippen molar-refractivity contribution in [2.24, 2.45) is 0 Å². The molecule has 1 atom stereocenters. The van der Waals surface area contributed by atoms with Gasteiger partial charge in [0.2, 0.25) is 11.8 Å². The van der Waals surface area contributed by atoms with Gasteiger partial charge in [0.05, 0.1) is 14.2 Å². The lowest BCUT2D eigenvalue weighted by atomic mass is 10.0. The van der Waals surface area contributed by atoms with Crippen molar-refractivity contribution in [3.63, 3.8) is 0 Å². The Bertz CT molecular complexity index is 1170. The molecular formula is C30H35ClN2O4. The molecule has 2 amide bonds. The zero-order valence-electron chi connectivity index (χ0n) is 21.7. The summed E-state index contributed by atoms with van der Waals surface area (Å²) in [5, 5.41) is 3.56. The predicted molar refractivity (Wildman–Crippen MR) is 147 cm³/mol. The molecule has 196 valence electrons. The van der Waals surface area contributed by atoms with Crippen LogP contribution in [0.4, 0.5) is 0 Å². The second kappa shape index (κ2) is 14.3. The number of hydrogen-bond donors (Lipinski definition) is 1. The van der Waals surface area contributed by atoms with Crippen LogP contribution in [0.15, 0.2) is 72.8 Å². The van der Waals surface area contributed by atoms with Gasteiger partial charge in [-0.2, -0.15) is 0 Å². The number of halogens is 1. The number of carbonyl (C=O) groups is 2. The van der Waals surface area contributed by atoms with Crippen molar-refractivity contribution in [1.82, 2.24) is 10.2 Å². The summed E-state index contributed by atoms with van der Waals surface area (Å²) in [6.07, 6.45) is 1.93. The lowest BCUT2D eigenvalue weighted by Gasteiger charge is -2.32. The Balaban J connectivity index is 1.90. The summed E-state index contributed by atoms with van der Waals surface area (Å²) < 4.78 is 10.7. The summed E-state index contributed by atoms with van der Waals surface area (Å²) in [4.78, 5) is 28.8. The van der Waals surface area contributed by atoms with E-state index in [9.17, 15) is 9.59 Å². The van der Waals surface area contributed by atoms with Gasteiger partial charge in [-0.1, -0.05) is 73.1 Å². The molecule has 0 fully saturated rings. The smallest absolute Gasteiger partial charge is 0.243 e. The number of methoxy groups -OCH3 is 2. The quantitative estimate of drug-likeness (QED) is 0.324. The van der Waals surface area contributed by atoms with Crippen molar-refractivity contribution in [1.29, 1.82) is 0 Å². The summed E-state index contributed by atoms with van der Waals surface area (Å²) in [7, 11) is 3.17. The molecule has 7 heteroatoms. The first-order valence-electron chi connectivity index (χ1n) is 12.5. The molecular weight excluding hydrogens is 488 g/mol. The molecule has 0 saturated carbocycles. The molecule has 0 saturated heterocycles. The average molecular weight is 523 g/mol. The number of ether oxygens (including phenoxy) is 2. The highest BCUT2D eigenvalue weighted by atomic mass is 35.5. The predicted octanol–water partition coefficient (Wildman–Crippen LogP) is 5.46. The van der Waals surface area contributed by atoms with Crippen molar-refractivity contribution in [2.45, 2.75) is 45.2 Å². The second-order valence-electron chi connectivity index (χ2n) is 8.80. The fourth-order valence-corrected chi connectivity index (χ4v) is 4.36. The Morgan fingerprint density at radius 2 is 1.62 bits per heavy atom. The molecule has 0 aromatic heterocycles. The summed E-state index contributed by atoms with van der Waals surface area (Å²) in [5.41, 5.74) is 2.72. The van der Waals surface area contributed by atoms with E-state index in [1.54, 1.807) is 25.2 Å². The topological polar surface area (TPSA) is 67.9 Å². The van der Waals surface area contributed by atoms with Crippen LogP contribution in [0.25, 0.3) is 0 Å². The van der Waals surface area contributed by atoms with E-state index in [1.807, 2.05) is 73.7 Å². The van der Waals surface area contributed by atoms with Crippen molar-refractivity contribution < 1.29 is 19.1 Å². The third-order valence-electron chi connectivity index (χ3n) is 6.19. The van der Waals surface area contributed by atoms with Gasteiger partial charge in [-0.25, -0.2) is 0 Å². The molecule has 3 rings (SSSR count). The highest BCUT2D eigenvalue weighted by molar-refractivity contribution is 6.31. The number of nitrogens with one attached hydrogen (secondary N) is 1. The van der Waals surface area contributed by atoms with E-state index in [-0.39, 0.29) is 24.8 Å². The first-order chi connectivity index (χ1) is 18.0. The minimum atomic E-state index is -0.678. The lowest BCUT2D eigenvalue weighted by Crippen LogP contribution is -2.50. The van der Waals surface area contributed by atoms with E-state index >= 15 is 0 Å². The maximum atomic E-state index is 13.8. The van der Waals surface area contributed by atoms with E-state index < -0.39 is 6.04 Å². The molecule has 0 bridgehead atoms. The summed E-state index contributed by atoms with van der Waals surface area (Å²) in [6, 6.07) is 22.1. The van der Waals surface area contributed by atoms with Crippen LogP contribution in [0.1, 0.15) is 36.5 Å². The van der Waals surface area contributed by atoms with Crippen molar-refractivity contribution in [3.05, 3.63) is 94.5 Å². The summed E-state index contributed by atoms with van der Waals surface area (Å²) in [5.74, 6) is 0.953. The van der Waals surface area contributed by atoms with Crippen LogP contribution in [0.3, 0.4) is 0 Å². The standard InChI is InChI=1S/C30H35ClN2O4/c1-4-18-32-30(35)26(19-22-10-6-5-7-11-22)33(21-24-12-8-9-13-25(24)31)29(34)17-15-23-14-16-27(36-2)28(20-23)37-3/h5-14,16,20,26H,4,15,17-19,21H2,1-3H3,(H,32,35)/t26-/m1/s1. The van der Waals surface area contributed by atoms with Gasteiger partial charge in [0.1, 0.15) is 6.04 Å². The van der Waals surface area contributed by atoms with Crippen LogP contribution in [0, 0.1) is 0 Å². The number of hydrogen-bond acceptors (Lipinski definition) is 4. The SMILES string of the molecule is CCCNC(=O)[C@@H](Cc1ccccc1)N(Cc1ccccc1Cl)C(=O)CCc1ccc(OC)c(OC)c1. The summed E-state index contributed by atoms with van der Waals surface area (Å²) >= 11 is 6.47. The number of rotatable bonds is 13. The van der Waals surface area contributed by atoms with Crippen LogP contribution in [0.5, 0.6) is 11.5 Å². The van der Waals surface area contributed by atoms with Gasteiger partial charge >= 0.3 is 0 Å². The number of nitrogens with zero attached hydrogens (tertiary/aromatic N) is 1. The van der Waals surface area contributed by atoms with Crippen molar-refractivity contribution >= 4 is 23.4 Å². The first-order valence-corrected chi connectivity index (χ1v) is 12.9. The van der Waals surface area contributed by atoms with Gasteiger partial charge in [0.25, 0.3) is 0 Å². The molecule has 0 spiro atoms. The van der Waals surface area contributed by atoms with Crippen LogP contribution < -0.4 is 14.8 Å². The normalized spacial score (nSPS) is 11.5. The van der Waals surface area contributed by atoms with E-state index in [1.165, 1.54) is 0 Å². The lowest BCUT2D eigenvalue weighted by molar-refractivity contribution is -0.141. The van der Waals surface area contributed by atoms with Crippen LogP contribution in [-0.2, 0) is 29.0 Å². The van der Waals surface area contributed by atoms with Gasteiger partial charge in [0, 0.05) is 31.0 Å². The maximum absolute atomic E-state index is 13.8. The monoisotopic (exact) mass is 522 g/mol. The molecule has 0 aliphatic carbocycles. The number of aryl methyl sites for hydroxylation is 1. The molecule has 0 aliphatic rings. The van der Waals surface area contributed by atoms with Crippen molar-refractivity contribution in [3.8, 4) is 11.5 Å². The van der Waals surface area contributed by atoms with Gasteiger partial charge in [-0.15, -0.1) is 0 Å². The Morgan fingerprint density at radius 1 is 0.919 bits per heavy atom. The van der Waals surface area contributed by atoms with Crippen LogP contribution >= 0.6 is 11.6 Å². The van der Waals surface area contributed by atoms with E-state index in [4.69, 9.17) is 21.1 Å². The highest BCUT2D eigenvalue weighted by Crippen LogP contribution is 2.28. The Hall–Kier alpha value is -3.51. The zero-order chi connectivity index (χ0) is 26.6. The highest BCUT2D eigenvalue weighted by Gasteiger charge is 2.30. The molecule has 6 nitrogen and oxygen atoms in total. The first kappa shape index (κ1) is 28.1. The minimum Gasteiger partial charge on any atom is -0.493 e. The molecule has 3 aromatic carbocycles. The minimum absolute atomic E-state index is 0.123. The summed E-state index contributed by atoms with van der Waals surface area (Å²) in [6.45, 7) is 2.79. The van der Waals surface area contributed by atoms with Gasteiger partial charge in [-0.05, 0) is 47.7 Å². The van der Waals surface area contributed by atoms with E-state index in [0.29, 0.717) is 35.9 Å². The van der Waals surface area contributed by atoms with Crippen LogP contribution in [-0.4, -0.2) is 43.5 Å². The molecule has 1 N–H and O–H groups in total. The molecule has 0 radical (unpaired) electrons. The molecule has 3 aromatic rings. The molecule has 0 aliphatic heterocycles.